The summed E-state index contributed by atoms with van der Waals surface area (Å²) in [6.07, 6.45) is 0. The second-order valence-electron chi connectivity index (χ2n) is 5.74. The lowest BCUT2D eigenvalue weighted by Gasteiger charge is -2.11. The molecule has 1 heterocycles. The van der Waals surface area contributed by atoms with Gasteiger partial charge in [0.15, 0.2) is 21.3 Å². The van der Waals surface area contributed by atoms with E-state index in [-0.39, 0.29) is 19.2 Å². The van der Waals surface area contributed by atoms with E-state index in [4.69, 9.17) is 14.2 Å². The molecule has 1 aromatic carbocycles. The summed E-state index contributed by atoms with van der Waals surface area (Å²) in [4.78, 5) is 11.9. The Labute approximate surface area is 134 Å². The van der Waals surface area contributed by atoms with E-state index in [1.54, 1.807) is 18.2 Å². The lowest BCUT2D eigenvalue weighted by atomic mass is 9.99. The van der Waals surface area contributed by atoms with Gasteiger partial charge in [0.1, 0.15) is 5.41 Å². The zero-order valence-corrected chi connectivity index (χ0v) is 13.6. The molecule has 0 saturated heterocycles. The maximum Gasteiger partial charge on any atom is 0.314 e. The Kier molecular flexibility index (Phi) is 3.76. The van der Waals surface area contributed by atoms with Crippen molar-refractivity contribution in [1.82, 2.24) is 0 Å². The quantitative estimate of drug-likeness (QED) is 0.824. The molecule has 1 fully saturated rings. The van der Waals surface area contributed by atoms with Crippen LogP contribution in [0.25, 0.3) is 0 Å². The lowest BCUT2D eigenvalue weighted by molar-refractivity contribution is -0.145. The number of hydrogen-bond donors (Lipinski definition) is 1. The van der Waals surface area contributed by atoms with Crippen LogP contribution in [0.2, 0.25) is 0 Å². The number of fused-ring (bicyclic) bond motifs is 1. The number of carboxylic acid groups (broad SMARTS) is 1. The van der Waals surface area contributed by atoms with Gasteiger partial charge in [-0.3, -0.25) is 4.79 Å². The minimum Gasteiger partial charge on any atom is -0.481 e. The zero-order chi connectivity index (χ0) is 16.8. The first-order valence-electron chi connectivity index (χ1n) is 7.22. The minimum absolute atomic E-state index is 0.0995. The fraction of sp³-hybridized carbons (Fsp3) is 0.533. The van der Waals surface area contributed by atoms with Gasteiger partial charge in [0.2, 0.25) is 6.79 Å². The van der Waals surface area contributed by atoms with E-state index in [1.165, 1.54) is 14.0 Å². The van der Waals surface area contributed by atoms with Gasteiger partial charge in [-0.2, -0.15) is 0 Å². The highest BCUT2D eigenvalue weighted by Gasteiger charge is 2.75. The smallest absolute Gasteiger partial charge is 0.314 e. The minimum atomic E-state index is -3.54. The number of sulfone groups is 1. The molecule has 1 aliphatic carbocycles. The molecule has 1 saturated carbocycles. The van der Waals surface area contributed by atoms with Crippen molar-refractivity contribution in [2.75, 3.05) is 26.3 Å². The molecule has 1 aliphatic heterocycles. The number of benzene rings is 1. The van der Waals surface area contributed by atoms with Crippen LogP contribution in [0.3, 0.4) is 0 Å². The van der Waals surface area contributed by atoms with Gasteiger partial charge in [0.25, 0.3) is 0 Å². The summed E-state index contributed by atoms with van der Waals surface area (Å²) in [5.74, 6) is -0.878. The molecule has 2 aliphatic rings. The number of ether oxygens (including phenoxy) is 3. The van der Waals surface area contributed by atoms with Gasteiger partial charge in [-0.15, -0.1) is 0 Å². The fourth-order valence-corrected chi connectivity index (χ4v) is 5.47. The Morgan fingerprint density at radius 3 is 2.70 bits per heavy atom. The molecule has 0 bridgehead atoms. The van der Waals surface area contributed by atoms with Gasteiger partial charge in [0.05, 0.1) is 11.9 Å². The van der Waals surface area contributed by atoms with Crippen LogP contribution >= 0.6 is 0 Å². The van der Waals surface area contributed by atoms with Crippen molar-refractivity contribution in [2.24, 2.45) is 5.41 Å². The first-order valence-corrected chi connectivity index (χ1v) is 8.93. The molecule has 0 unspecified atom stereocenters. The van der Waals surface area contributed by atoms with Crippen molar-refractivity contribution in [2.45, 2.75) is 18.1 Å². The molecule has 1 aromatic rings. The third kappa shape index (κ3) is 2.28. The van der Waals surface area contributed by atoms with E-state index in [2.05, 4.69) is 0 Å². The Bertz CT molecular complexity index is 742. The lowest BCUT2D eigenvalue weighted by Crippen LogP contribution is -2.29. The Morgan fingerprint density at radius 1 is 1.39 bits per heavy atom. The molecule has 126 valence electrons. The van der Waals surface area contributed by atoms with Gasteiger partial charge in [-0.1, -0.05) is 13.0 Å². The molecular weight excluding hydrogens is 324 g/mol. The molecular formula is C15H18O7S. The van der Waals surface area contributed by atoms with Crippen molar-refractivity contribution in [3.63, 3.8) is 0 Å². The maximum absolute atomic E-state index is 12.4. The summed E-state index contributed by atoms with van der Waals surface area (Å²) >= 11 is 0. The molecule has 1 N–H and O–H groups in total. The monoisotopic (exact) mass is 342 g/mol. The number of methoxy groups -OCH3 is 1. The van der Waals surface area contributed by atoms with E-state index in [0.29, 0.717) is 17.1 Å². The Morgan fingerprint density at radius 2 is 2.09 bits per heavy atom. The second-order valence-corrected chi connectivity index (χ2v) is 8.15. The number of carboxylic acids is 1. The molecule has 0 spiro atoms. The summed E-state index contributed by atoms with van der Waals surface area (Å²) in [5, 5.41) is 8.69. The zero-order valence-electron chi connectivity index (χ0n) is 12.8. The van der Waals surface area contributed by atoms with Crippen LogP contribution in [-0.4, -0.2) is 51.0 Å². The molecule has 8 heteroatoms. The van der Waals surface area contributed by atoms with Gasteiger partial charge in [-0.05, 0) is 17.7 Å². The van der Waals surface area contributed by atoms with Crippen LogP contribution in [0.1, 0.15) is 18.4 Å². The standard InChI is InChI=1S/C15H18O7S/c1-3-23(18,19)13-12(15(13,7-20-2)14(16)17)9-4-5-10-11(6-9)22-8-21-10/h4-6,12-13H,3,7-8H2,1-2H3,(H,16,17)/t12-,13-,15+/m0/s1. The van der Waals surface area contributed by atoms with Gasteiger partial charge >= 0.3 is 5.97 Å². The average molecular weight is 342 g/mol. The predicted molar refractivity (Wildman–Crippen MR) is 80.5 cm³/mol. The van der Waals surface area contributed by atoms with E-state index in [0.717, 1.165) is 0 Å². The van der Waals surface area contributed by atoms with E-state index < -0.39 is 32.4 Å². The first kappa shape index (κ1) is 16.1. The van der Waals surface area contributed by atoms with Crippen LogP contribution in [0, 0.1) is 5.41 Å². The molecule has 23 heavy (non-hydrogen) atoms. The van der Waals surface area contributed by atoms with Crippen LogP contribution in [0.4, 0.5) is 0 Å². The summed E-state index contributed by atoms with van der Waals surface area (Å²) in [7, 11) is -2.17. The second kappa shape index (κ2) is 5.38. The van der Waals surface area contributed by atoms with Crippen molar-refractivity contribution >= 4 is 15.8 Å². The highest BCUT2D eigenvalue weighted by atomic mass is 32.2. The van der Waals surface area contributed by atoms with Crippen LogP contribution < -0.4 is 9.47 Å². The fourth-order valence-electron chi connectivity index (χ4n) is 3.42. The Balaban J connectivity index is 2.06. The average Bonchev–Trinajstić information content (AvgIpc) is 2.99. The number of hydrogen-bond acceptors (Lipinski definition) is 6. The summed E-state index contributed by atoms with van der Waals surface area (Å²) < 4.78 is 40.4. The van der Waals surface area contributed by atoms with Gasteiger partial charge in [-0.25, -0.2) is 8.42 Å². The number of carbonyl (C=O) groups is 1. The first-order chi connectivity index (χ1) is 10.9. The van der Waals surface area contributed by atoms with E-state index >= 15 is 0 Å². The van der Waals surface area contributed by atoms with E-state index in [1.807, 2.05) is 0 Å². The van der Waals surface area contributed by atoms with Crippen molar-refractivity contribution in [1.29, 1.82) is 0 Å². The summed E-state index contributed by atoms with van der Waals surface area (Å²) in [5.41, 5.74) is -0.854. The Hall–Kier alpha value is -1.80. The van der Waals surface area contributed by atoms with E-state index in [9.17, 15) is 18.3 Å². The SMILES string of the molecule is CCS(=O)(=O)[C@H]1[C@H](c2ccc3c(c2)OCO3)[C@@]1(COC)C(=O)O. The highest BCUT2D eigenvalue weighted by molar-refractivity contribution is 7.92. The topological polar surface area (TPSA) is 99.1 Å². The number of aliphatic carboxylic acids is 1. The van der Waals surface area contributed by atoms with Crippen LogP contribution in [0.15, 0.2) is 18.2 Å². The van der Waals surface area contributed by atoms with Gasteiger partial charge in [0, 0.05) is 18.8 Å². The van der Waals surface area contributed by atoms with Crippen molar-refractivity contribution in [3.05, 3.63) is 23.8 Å². The highest BCUT2D eigenvalue weighted by Crippen LogP contribution is 2.64. The molecule has 7 nitrogen and oxygen atoms in total. The summed E-state index contributed by atoms with van der Waals surface area (Å²) in [6, 6.07) is 5.02. The third-order valence-corrected chi connectivity index (χ3v) is 6.85. The third-order valence-electron chi connectivity index (χ3n) is 4.58. The molecule has 0 radical (unpaired) electrons. The normalized spacial score (nSPS) is 28.6. The molecule has 0 amide bonds. The van der Waals surface area contributed by atoms with Crippen molar-refractivity contribution in [3.8, 4) is 11.5 Å². The largest absolute Gasteiger partial charge is 0.481 e. The maximum atomic E-state index is 12.4. The van der Waals surface area contributed by atoms with Gasteiger partial charge < -0.3 is 19.3 Å². The molecule has 3 rings (SSSR count). The molecule has 0 aromatic heterocycles. The van der Waals surface area contributed by atoms with Crippen molar-refractivity contribution < 1.29 is 32.5 Å². The number of rotatable bonds is 6. The van der Waals surface area contributed by atoms with Crippen LogP contribution in [-0.2, 0) is 19.4 Å². The van der Waals surface area contributed by atoms with Crippen LogP contribution in [0.5, 0.6) is 11.5 Å². The molecule has 3 atom stereocenters. The summed E-state index contributed by atoms with van der Waals surface area (Å²) in [6.45, 7) is 1.46. The predicted octanol–water partition coefficient (Wildman–Crippen LogP) is 1.03.